The summed E-state index contributed by atoms with van der Waals surface area (Å²) in [4.78, 5) is 9.35. The first-order chi connectivity index (χ1) is 17.7. The molecule has 1 N–H and O–H groups in total. The van der Waals surface area contributed by atoms with Crippen LogP contribution in [-0.2, 0) is 10.0 Å². The molecular formula is C29H34ClN3O3S. The van der Waals surface area contributed by atoms with Crippen LogP contribution in [0.3, 0.4) is 0 Å². The number of fused-ring (bicyclic) bond motifs is 2. The summed E-state index contributed by atoms with van der Waals surface area (Å²) < 4.78 is 25.8. The van der Waals surface area contributed by atoms with E-state index in [0.29, 0.717) is 37.4 Å². The lowest BCUT2D eigenvalue weighted by Gasteiger charge is -2.35. The molecule has 5 rings (SSSR count). The number of allylic oxidation sites excluding steroid dienone is 2. The zero-order chi connectivity index (χ0) is 26.2. The molecule has 3 heterocycles. The molecule has 1 aromatic heterocycles. The summed E-state index contributed by atoms with van der Waals surface area (Å²) in [6.07, 6.45) is 13.3. The van der Waals surface area contributed by atoms with Crippen LogP contribution < -0.4 is 0 Å². The molecule has 3 aliphatic rings. The number of hydrogen-bond donors (Lipinski definition) is 1. The lowest BCUT2D eigenvalue weighted by Crippen LogP contribution is -2.39. The van der Waals surface area contributed by atoms with Crippen LogP contribution >= 0.6 is 11.6 Å². The fourth-order valence-electron chi connectivity index (χ4n) is 6.03. The van der Waals surface area contributed by atoms with Crippen molar-refractivity contribution < 1.29 is 13.5 Å². The molecule has 2 atom stereocenters. The summed E-state index contributed by atoms with van der Waals surface area (Å²) in [7, 11) is -3.20. The fourth-order valence-corrected chi connectivity index (χ4v) is 7.09. The number of aliphatic imine (C=N–C) groups is 1. The molecule has 2 aliphatic heterocycles. The van der Waals surface area contributed by atoms with Gasteiger partial charge < -0.3 is 5.11 Å². The maximum atomic E-state index is 12.1. The number of nitrogens with zero attached hydrogens (tertiary/aromatic N) is 3. The zero-order valence-corrected chi connectivity index (χ0v) is 23.0. The summed E-state index contributed by atoms with van der Waals surface area (Å²) >= 11 is 6.47. The number of benzene rings is 1. The monoisotopic (exact) mass is 539 g/mol. The highest BCUT2D eigenvalue weighted by atomic mass is 35.5. The van der Waals surface area contributed by atoms with E-state index in [4.69, 9.17) is 16.6 Å². The van der Waals surface area contributed by atoms with Crippen LogP contribution in [0.2, 0.25) is 5.02 Å². The molecule has 1 aromatic carbocycles. The average Bonchev–Trinajstić information content (AvgIpc) is 3.40. The Bertz CT molecular complexity index is 1380. The molecule has 8 heteroatoms. The molecule has 1 saturated heterocycles. The van der Waals surface area contributed by atoms with Gasteiger partial charge in [-0.1, -0.05) is 42.8 Å². The summed E-state index contributed by atoms with van der Waals surface area (Å²) in [5, 5.41) is 12.1. The lowest BCUT2D eigenvalue weighted by atomic mass is 9.76. The van der Waals surface area contributed by atoms with E-state index in [1.807, 2.05) is 43.6 Å². The molecule has 1 fully saturated rings. The number of aliphatic hydroxyl groups is 1. The highest BCUT2D eigenvalue weighted by Crippen LogP contribution is 2.46. The third-order valence-electron chi connectivity index (χ3n) is 8.15. The standard InChI is InChI=1S/C29H34ClN3O3S/c1-3-29(34,26-7-5-14-31-26)13-10-21-18-22-19-23(30)8-9-24(22)27(28-25(21)6-4-15-32-28)20-11-16-33(17-12-20)37(2,35)36/h4,6-9,14-15,18-20,27,34H,3,5,10-13,16-17H2,1-2H3. The molecule has 196 valence electrons. The van der Waals surface area contributed by atoms with Crippen LogP contribution in [0.25, 0.3) is 11.6 Å². The Kier molecular flexibility index (Phi) is 7.42. The minimum absolute atomic E-state index is 0.0335. The van der Waals surface area contributed by atoms with Crippen LogP contribution in [0.15, 0.2) is 53.3 Å². The van der Waals surface area contributed by atoms with Crippen molar-refractivity contribution in [2.75, 3.05) is 19.3 Å². The van der Waals surface area contributed by atoms with Gasteiger partial charge in [0, 0.05) is 42.9 Å². The van der Waals surface area contributed by atoms with E-state index in [0.717, 1.165) is 47.4 Å². The predicted octanol–water partition coefficient (Wildman–Crippen LogP) is 5.67. The molecule has 2 unspecified atom stereocenters. The van der Waals surface area contributed by atoms with E-state index in [2.05, 4.69) is 23.2 Å². The number of hydrogen-bond acceptors (Lipinski definition) is 5. The minimum atomic E-state index is -3.20. The van der Waals surface area contributed by atoms with Crippen molar-refractivity contribution >= 4 is 39.5 Å². The largest absolute Gasteiger partial charge is 0.384 e. The van der Waals surface area contributed by atoms with Gasteiger partial charge in [0.2, 0.25) is 10.0 Å². The molecule has 2 aromatic rings. The number of sulfonamides is 1. The molecule has 1 aliphatic carbocycles. The Morgan fingerprint density at radius 2 is 2.00 bits per heavy atom. The van der Waals surface area contributed by atoms with E-state index >= 15 is 0 Å². The first-order valence-electron chi connectivity index (χ1n) is 13.1. The first-order valence-corrected chi connectivity index (χ1v) is 15.3. The van der Waals surface area contributed by atoms with E-state index in [1.54, 1.807) is 4.31 Å². The van der Waals surface area contributed by atoms with Crippen molar-refractivity contribution in [2.24, 2.45) is 10.9 Å². The summed E-state index contributed by atoms with van der Waals surface area (Å²) in [6.45, 7) is 3.04. The highest BCUT2D eigenvalue weighted by Gasteiger charge is 2.37. The minimum Gasteiger partial charge on any atom is -0.384 e. The normalized spacial score (nSPS) is 22.0. The van der Waals surface area contributed by atoms with Gasteiger partial charge in [0.25, 0.3) is 0 Å². The Hall–Kier alpha value is -2.32. The molecule has 37 heavy (non-hydrogen) atoms. The summed E-state index contributed by atoms with van der Waals surface area (Å²) in [5.41, 5.74) is 5.25. The Labute approximate surface area is 224 Å². The second kappa shape index (κ2) is 10.4. The number of rotatable bonds is 7. The van der Waals surface area contributed by atoms with Crippen LogP contribution in [0.5, 0.6) is 0 Å². The topological polar surface area (TPSA) is 82.9 Å². The SMILES string of the molecule is CCC(O)(CCC1=Cc2cc(Cl)ccc2C(C2CCN(S(C)(=O)=O)CC2)c2ncccc21)C1=CCC=N1. The van der Waals surface area contributed by atoms with E-state index in [1.165, 1.54) is 11.8 Å². The first kappa shape index (κ1) is 26.3. The molecular weight excluding hydrogens is 506 g/mol. The van der Waals surface area contributed by atoms with Gasteiger partial charge in [-0.3, -0.25) is 9.98 Å². The number of piperidine rings is 1. The molecule has 6 nitrogen and oxygen atoms in total. The Morgan fingerprint density at radius 1 is 1.22 bits per heavy atom. The van der Waals surface area contributed by atoms with Crippen molar-refractivity contribution in [3.63, 3.8) is 0 Å². The van der Waals surface area contributed by atoms with Crippen molar-refractivity contribution in [1.29, 1.82) is 0 Å². The third-order valence-corrected chi connectivity index (χ3v) is 9.69. The van der Waals surface area contributed by atoms with Gasteiger partial charge in [-0.05, 0) is 78.5 Å². The molecule has 0 amide bonds. The van der Waals surface area contributed by atoms with Crippen molar-refractivity contribution in [3.8, 4) is 0 Å². The fraction of sp³-hybridized carbons (Fsp3) is 0.448. The molecule has 0 bridgehead atoms. The molecule has 0 saturated carbocycles. The molecule has 0 spiro atoms. The van der Waals surface area contributed by atoms with Gasteiger partial charge >= 0.3 is 0 Å². The van der Waals surface area contributed by atoms with Crippen molar-refractivity contribution in [2.45, 2.75) is 57.0 Å². The third kappa shape index (κ3) is 5.32. The van der Waals surface area contributed by atoms with E-state index in [-0.39, 0.29) is 11.8 Å². The van der Waals surface area contributed by atoms with E-state index in [9.17, 15) is 13.5 Å². The Morgan fingerprint density at radius 3 is 2.68 bits per heavy atom. The van der Waals surface area contributed by atoms with Gasteiger partial charge in [0.15, 0.2) is 0 Å². The summed E-state index contributed by atoms with van der Waals surface area (Å²) in [5.74, 6) is 0.288. The smallest absolute Gasteiger partial charge is 0.211 e. The van der Waals surface area contributed by atoms with Gasteiger partial charge in [-0.2, -0.15) is 0 Å². The van der Waals surface area contributed by atoms with Gasteiger partial charge in [-0.15, -0.1) is 0 Å². The number of pyridine rings is 1. The quantitative estimate of drug-likeness (QED) is 0.491. The van der Waals surface area contributed by atoms with E-state index < -0.39 is 15.6 Å². The lowest BCUT2D eigenvalue weighted by molar-refractivity contribution is 0.0656. The van der Waals surface area contributed by atoms with Gasteiger partial charge in [0.1, 0.15) is 5.60 Å². The number of halogens is 1. The van der Waals surface area contributed by atoms with Crippen molar-refractivity contribution in [3.05, 3.63) is 75.7 Å². The second-order valence-corrected chi connectivity index (χ2v) is 12.8. The van der Waals surface area contributed by atoms with Crippen LogP contribution in [0.4, 0.5) is 0 Å². The summed E-state index contributed by atoms with van der Waals surface area (Å²) in [6, 6.07) is 10.1. The predicted molar refractivity (Wildman–Crippen MR) is 150 cm³/mol. The maximum absolute atomic E-state index is 12.1. The van der Waals surface area contributed by atoms with Crippen LogP contribution in [0.1, 0.15) is 73.8 Å². The Balaban J connectivity index is 1.53. The van der Waals surface area contributed by atoms with Gasteiger partial charge in [-0.25, -0.2) is 12.7 Å². The van der Waals surface area contributed by atoms with Crippen LogP contribution in [-0.4, -0.2) is 54.0 Å². The highest BCUT2D eigenvalue weighted by molar-refractivity contribution is 7.88. The maximum Gasteiger partial charge on any atom is 0.211 e. The van der Waals surface area contributed by atoms with Crippen LogP contribution in [0, 0.1) is 5.92 Å². The number of aromatic nitrogens is 1. The van der Waals surface area contributed by atoms with Gasteiger partial charge in [0.05, 0.1) is 17.6 Å². The average molecular weight is 540 g/mol. The van der Waals surface area contributed by atoms with Crippen molar-refractivity contribution in [1.82, 2.24) is 9.29 Å². The molecule has 0 radical (unpaired) electrons. The second-order valence-electron chi connectivity index (χ2n) is 10.4. The zero-order valence-electron chi connectivity index (χ0n) is 21.4.